The summed E-state index contributed by atoms with van der Waals surface area (Å²) in [5.74, 6) is -0.276. The van der Waals surface area contributed by atoms with Crippen LogP contribution in [0.25, 0.3) is 0 Å². The molecule has 1 aromatic rings. The standard InChI is InChI=1S/C6H8N2O2.ClH/c1-8-3-2-7-5(8)4-6(9)10;/h2-3H,4H2,1H3,(H,9,10);1H. The Labute approximate surface area is 70.3 Å². The molecule has 0 amide bonds. The van der Waals surface area contributed by atoms with Crippen LogP contribution in [0.2, 0.25) is 0 Å². The van der Waals surface area contributed by atoms with E-state index in [2.05, 4.69) is 4.98 Å². The Kier molecular flexibility index (Phi) is 3.60. The minimum atomic E-state index is -0.852. The fourth-order valence-electron chi connectivity index (χ4n) is 0.702. The van der Waals surface area contributed by atoms with Gasteiger partial charge in [0.2, 0.25) is 0 Å². The third kappa shape index (κ3) is 2.59. The molecule has 0 aliphatic heterocycles. The number of hydrogen-bond acceptors (Lipinski definition) is 2. The van der Waals surface area contributed by atoms with E-state index >= 15 is 0 Å². The van der Waals surface area contributed by atoms with Crippen LogP contribution in [0.3, 0.4) is 0 Å². The Bertz CT molecular complexity index is 246. The smallest absolute Gasteiger partial charge is 0.311 e. The van der Waals surface area contributed by atoms with E-state index in [1.807, 2.05) is 0 Å². The predicted octanol–water partition coefficient (Wildman–Crippen LogP) is 0.469. The number of aliphatic carboxylic acids is 1. The average Bonchev–Trinajstić information content (AvgIpc) is 2.15. The summed E-state index contributed by atoms with van der Waals surface area (Å²) < 4.78 is 1.69. The van der Waals surface area contributed by atoms with Crippen LogP contribution in [0, 0.1) is 0 Å². The number of imidazole rings is 1. The summed E-state index contributed by atoms with van der Waals surface area (Å²) in [6.45, 7) is 0. The summed E-state index contributed by atoms with van der Waals surface area (Å²) in [6.07, 6.45) is 3.29. The van der Waals surface area contributed by atoms with E-state index in [1.165, 1.54) is 0 Å². The summed E-state index contributed by atoms with van der Waals surface area (Å²) in [4.78, 5) is 14.0. The summed E-state index contributed by atoms with van der Waals surface area (Å²) >= 11 is 0. The summed E-state index contributed by atoms with van der Waals surface area (Å²) in [5, 5.41) is 8.36. The normalized spacial score (nSPS) is 8.82. The predicted molar refractivity (Wildman–Crippen MR) is 41.8 cm³/mol. The van der Waals surface area contributed by atoms with Crippen LogP contribution in [0.15, 0.2) is 12.4 Å². The van der Waals surface area contributed by atoms with Gasteiger partial charge in [-0.3, -0.25) is 4.79 Å². The van der Waals surface area contributed by atoms with Crippen LogP contribution >= 0.6 is 12.4 Å². The molecule has 1 heterocycles. The maximum absolute atomic E-state index is 10.2. The summed E-state index contributed by atoms with van der Waals surface area (Å²) in [6, 6.07) is 0. The first kappa shape index (κ1) is 9.97. The van der Waals surface area contributed by atoms with Crippen molar-refractivity contribution in [3.05, 3.63) is 18.2 Å². The number of rotatable bonds is 2. The monoisotopic (exact) mass is 176 g/mol. The number of carboxylic acids is 1. The van der Waals surface area contributed by atoms with Gasteiger partial charge >= 0.3 is 5.97 Å². The van der Waals surface area contributed by atoms with Gasteiger partial charge < -0.3 is 9.67 Å². The molecule has 0 fully saturated rings. The first-order valence-corrected chi connectivity index (χ1v) is 2.88. The lowest BCUT2D eigenvalue weighted by molar-refractivity contribution is -0.136. The van der Waals surface area contributed by atoms with Crippen molar-refractivity contribution in [1.82, 2.24) is 9.55 Å². The van der Waals surface area contributed by atoms with E-state index in [9.17, 15) is 4.79 Å². The number of carboxylic acid groups (broad SMARTS) is 1. The van der Waals surface area contributed by atoms with Gasteiger partial charge in [-0.15, -0.1) is 12.4 Å². The van der Waals surface area contributed by atoms with Crippen molar-refractivity contribution in [3.8, 4) is 0 Å². The average molecular weight is 177 g/mol. The molecule has 11 heavy (non-hydrogen) atoms. The molecule has 0 unspecified atom stereocenters. The molecule has 0 aromatic carbocycles. The Morgan fingerprint density at radius 3 is 2.82 bits per heavy atom. The number of aryl methyl sites for hydroxylation is 1. The lowest BCUT2D eigenvalue weighted by Gasteiger charge is -1.94. The van der Waals surface area contributed by atoms with Crippen molar-refractivity contribution in [2.45, 2.75) is 6.42 Å². The molecule has 1 rings (SSSR count). The van der Waals surface area contributed by atoms with E-state index in [0.717, 1.165) is 0 Å². The molecule has 0 spiro atoms. The van der Waals surface area contributed by atoms with E-state index in [-0.39, 0.29) is 18.8 Å². The van der Waals surface area contributed by atoms with Gasteiger partial charge in [-0.2, -0.15) is 0 Å². The fraction of sp³-hybridized carbons (Fsp3) is 0.333. The van der Waals surface area contributed by atoms with Gasteiger partial charge in [0, 0.05) is 19.4 Å². The Balaban J connectivity index is 0.000001000. The molecule has 0 saturated carbocycles. The maximum atomic E-state index is 10.2. The lowest BCUT2D eigenvalue weighted by Crippen LogP contribution is -2.05. The van der Waals surface area contributed by atoms with Crippen LogP contribution in [-0.4, -0.2) is 20.6 Å². The van der Waals surface area contributed by atoms with Gasteiger partial charge in [0.1, 0.15) is 12.2 Å². The van der Waals surface area contributed by atoms with Crippen LogP contribution in [0.1, 0.15) is 5.82 Å². The maximum Gasteiger partial charge on any atom is 0.311 e. The number of nitrogens with zero attached hydrogens (tertiary/aromatic N) is 2. The van der Waals surface area contributed by atoms with Crippen molar-refractivity contribution in [3.63, 3.8) is 0 Å². The van der Waals surface area contributed by atoms with Gasteiger partial charge in [0.05, 0.1) is 0 Å². The zero-order chi connectivity index (χ0) is 7.56. The van der Waals surface area contributed by atoms with E-state index < -0.39 is 5.97 Å². The topological polar surface area (TPSA) is 55.1 Å². The second-order valence-electron chi connectivity index (χ2n) is 2.02. The molecule has 4 nitrogen and oxygen atoms in total. The zero-order valence-electron chi connectivity index (χ0n) is 6.02. The van der Waals surface area contributed by atoms with Gasteiger partial charge in [0.25, 0.3) is 0 Å². The van der Waals surface area contributed by atoms with E-state index in [0.29, 0.717) is 5.82 Å². The molecule has 0 aliphatic rings. The third-order valence-electron chi connectivity index (χ3n) is 1.23. The zero-order valence-corrected chi connectivity index (χ0v) is 6.84. The van der Waals surface area contributed by atoms with Crippen LogP contribution in [0.5, 0.6) is 0 Å². The molecule has 0 bridgehead atoms. The molecular formula is C6H9ClN2O2. The molecular weight excluding hydrogens is 168 g/mol. The highest BCUT2D eigenvalue weighted by Gasteiger charge is 2.03. The largest absolute Gasteiger partial charge is 0.481 e. The fourth-order valence-corrected chi connectivity index (χ4v) is 0.702. The minimum absolute atomic E-state index is 0. The molecule has 62 valence electrons. The number of aromatic nitrogens is 2. The number of halogens is 1. The highest BCUT2D eigenvalue weighted by Crippen LogP contribution is 1.94. The van der Waals surface area contributed by atoms with E-state index in [4.69, 9.17) is 5.11 Å². The van der Waals surface area contributed by atoms with Crippen LogP contribution in [0.4, 0.5) is 0 Å². The van der Waals surface area contributed by atoms with Crippen molar-refractivity contribution in [2.24, 2.45) is 7.05 Å². The second kappa shape index (κ2) is 3.98. The van der Waals surface area contributed by atoms with Gasteiger partial charge in [0.15, 0.2) is 0 Å². The second-order valence-corrected chi connectivity index (χ2v) is 2.02. The summed E-state index contributed by atoms with van der Waals surface area (Å²) in [7, 11) is 1.77. The summed E-state index contributed by atoms with van der Waals surface area (Å²) in [5.41, 5.74) is 0. The highest BCUT2D eigenvalue weighted by molar-refractivity contribution is 5.85. The quantitative estimate of drug-likeness (QED) is 0.713. The molecule has 0 radical (unpaired) electrons. The van der Waals surface area contributed by atoms with E-state index in [1.54, 1.807) is 24.0 Å². The van der Waals surface area contributed by atoms with Crippen LogP contribution in [-0.2, 0) is 18.3 Å². The number of hydrogen-bond donors (Lipinski definition) is 1. The molecule has 0 saturated heterocycles. The van der Waals surface area contributed by atoms with Crippen molar-refractivity contribution in [1.29, 1.82) is 0 Å². The Morgan fingerprint density at radius 1 is 1.82 bits per heavy atom. The first-order chi connectivity index (χ1) is 4.70. The van der Waals surface area contributed by atoms with Crippen molar-refractivity contribution >= 4 is 18.4 Å². The number of carbonyl (C=O) groups is 1. The molecule has 1 N–H and O–H groups in total. The molecule has 0 aliphatic carbocycles. The SMILES string of the molecule is Cl.Cn1ccnc1CC(=O)O. The molecule has 1 aromatic heterocycles. The minimum Gasteiger partial charge on any atom is -0.481 e. The lowest BCUT2D eigenvalue weighted by atomic mass is 10.4. The highest BCUT2D eigenvalue weighted by atomic mass is 35.5. The molecule has 0 atom stereocenters. The Hall–Kier alpha value is -1.03. The molecule has 5 heteroatoms. The Morgan fingerprint density at radius 2 is 2.45 bits per heavy atom. The van der Waals surface area contributed by atoms with Gasteiger partial charge in [-0.25, -0.2) is 4.98 Å². The van der Waals surface area contributed by atoms with Crippen molar-refractivity contribution < 1.29 is 9.90 Å². The first-order valence-electron chi connectivity index (χ1n) is 2.88. The van der Waals surface area contributed by atoms with Crippen LogP contribution < -0.4 is 0 Å². The third-order valence-corrected chi connectivity index (χ3v) is 1.23. The van der Waals surface area contributed by atoms with Gasteiger partial charge in [-0.1, -0.05) is 0 Å². The van der Waals surface area contributed by atoms with Crippen molar-refractivity contribution in [2.75, 3.05) is 0 Å². The van der Waals surface area contributed by atoms with Gasteiger partial charge in [-0.05, 0) is 0 Å².